The third-order valence-corrected chi connectivity index (χ3v) is 4.16. The summed E-state index contributed by atoms with van der Waals surface area (Å²) >= 11 is 0. The standard InChI is InChI=1S/C20H20N2O6/c1-13-9-14(28-15-5-4-8-21-10-15)6-7-17(13)22-12-27-11-16(19(23)25-2)18(22)20(24)26-3/h4-10H,11-12H2,1-3H3. The molecule has 8 nitrogen and oxygen atoms in total. The third-order valence-electron chi connectivity index (χ3n) is 4.16. The number of aromatic nitrogens is 1. The number of aryl methyl sites for hydroxylation is 1. The zero-order valence-electron chi connectivity index (χ0n) is 15.8. The molecular weight excluding hydrogens is 364 g/mol. The molecule has 0 atom stereocenters. The predicted molar refractivity (Wildman–Crippen MR) is 99.8 cm³/mol. The van der Waals surface area contributed by atoms with E-state index in [1.54, 1.807) is 41.6 Å². The Kier molecular flexibility index (Phi) is 5.90. The van der Waals surface area contributed by atoms with E-state index in [1.165, 1.54) is 14.2 Å². The summed E-state index contributed by atoms with van der Waals surface area (Å²) in [5.41, 5.74) is 1.71. The highest BCUT2D eigenvalue weighted by atomic mass is 16.5. The van der Waals surface area contributed by atoms with Crippen LogP contribution in [0.3, 0.4) is 0 Å². The molecule has 0 saturated carbocycles. The van der Waals surface area contributed by atoms with Crippen LogP contribution in [0.25, 0.3) is 0 Å². The fourth-order valence-electron chi connectivity index (χ4n) is 2.87. The van der Waals surface area contributed by atoms with Crippen molar-refractivity contribution in [1.29, 1.82) is 0 Å². The van der Waals surface area contributed by atoms with Gasteiger partial charge in [0.1, 0.15) is 23.9 Å². The third kappa shape index (κ3) is 3.96. The van der Waals surface area contributed by atoms with Gasteiger partial charge in [-0.05, 0) is 42.8 Å². The average molecular weight is 384 g/mol. The summed E-state index contributed by atoms with van der Waals surface area (Å²) in [4.78, 5) is 30.1. The molecular formula is C20H20N2O6. The van der Waals surface area contributed by atoms with Crippen LogP contribution in [0, 0.1) is 6.92 Å². The van der Waals surface area contributed by atoms with E-state index in [2.05, 4.69) is 4.98 Å². The maximum atomic E-state index is 12.4. The fourth-order valence-corrected chi connectivity index (χ4v) is 2.87. The van der Waals surface area contributed by atoms with Gasteiger partial charge in [-0.15, -0.1) is 0 Å². The van der Waals surface area contributed by atoms with Crippen molar-refractivity contribution < 1.29 is 28.5 Å². The Bertz CT molecular complexity index is 910. The second-order valence-corrected chi connectivity index (χ2v) is 5.95. The maximum Gasteiger partial charge on any atom is 0.355 e. The Balaban J connectivity index is 1.96. The maximum absolute atomic E-state index is 12.4. The Morgan fingerprint density at radius 3 is 2.54 bits per heavy atom. The zero-order valence-corrected chi connectivity index (χ0v) is 15.8. The van der Waals surface area contributed by atoms with Gasteiger partial charge in [0.05, 0.1) is 32.6 Å². The number of hydrogen-bond donors (Lipinski definition) is 0. The van der Waals surface area contributed by atoms with E-state index in [4.69, 9.17) is 18.9 Å². The first-order valence-corrected chi connectivity index (χ1v) is 8.48. The highest BCUT2D eigenvalue weighted by Crippen LogP contribution is 2.32. The Morgan fingerprint density at radius 2 is 1.89 bits per heavy atom. The fraction of sp³-hybridized carbons (Fsp3) is 0.250. The quantitative estimate of drug-likeness (QED) is 0.727. The number of esters is 2. The van der Waals surface area contributed by atoms with E-state index >= 15 is 0 Å². The van der Waals surface area contributed by atoms with Gasteiger partial charge in [0, 0.05) is 11.9 Å². The van der Waals surface area contributed by atoms with E-state index in [0.29, 0.717) is 17.2 Å². The number of methoxy groups -OCH3 is 2. The topological polar surface area (TPSA) is 87.2 Å². The summed E-state index contributed by atoms with van der Waals surface area (Å²) in [6, 6.07) is 8.95. The SMILES string of the molecule is COC(=O)C1=C(C(=O)OC)N(c2ccc(Oc3cccnc3)cc2C)COC1. The number of carbonyl (C=O) groups excluding carboxylic acids is 2. The number of anilines is 1. The molecule has 0 fully saturated rings. The molecule has 0 saturated heterocycles. The summed E-state index contributed by atoms with van der Waals surface area (Å²) in [6.45, 7) is 1.93. The van der Waals surface area contributed by atoms with Crippen molar-refractivity contribution in [3.05, 3.63) is 59.6 Å². The van der Waals surface area contributed by atoms with E-state index in [-0.39, 0.29) is 24.6 Å². The lowest BCUT2D eigenvalue weighted by atomic mass is 10.1. The second kappa shape index (κ2) is 8.53. The number of rotatable bonds is 5. The minimum atomic E-state index is -0.640. The van der Waals surface area contributed by atoms with Crippen molar-refractivity contribution in [2.45, 2.75) is 6.92 Å². The Morgan fingerprint density at radius 1 is 1.11 bits per heavy atom. The van der Waals surface area contributed by atoms with Crippen LogP contribution in [0.2, 0.25) is 0 Å². The van der Waals surface area contributed by atoms with Gasteiger partial charge >= 0.3 is 11.9 Å². The largest absolute Gasteiger partial charge is 0.466 e. The lowest BCUT2D eigenvalue weighted by Gasteiger charge is -2.32. The number of benzene rings is 1. The first-order valence-electron chi connectivity index (χ1n) is 8.48. The minimum Gasteiger partial charge on any atom is -0.466 e. The molecule has 0 bridgehead atoms. The molecule has 8 heteroatoms. The molecule has 1 aliphatic heterocycles. The van der Waals surface area contributed by atoms with Crippen LogP contribution in [-0.4, -0.2) is 44.5 Å². The van der Waals surface area contributed by atoms with E-state index in [0.717, 1.165) is 5.56 Å². The van der Waals surface area contributed by atoms with Gasteiger partial charge in [-0.3, -0.25) is 4.98 Å². The van der Waals surface area contributed by atoms with Crippen molar-refractivity contribution in [3.8, 4) is 11.5 Å². The molecule has 1 aromatic carbocycles. The monoisotopic (exact) mass is 384 g/mol. The molecule has 2 heterocycles. The average Bonchev–Trinajstić information content (AvgIpc) is 2.73. The normalized spacial score (nSPS) is 13.9. The summed E-state index contributed by atoms with van der Waals surface area (Å²) in [5, 5.41) is 0. The van der Waals surface area contributed by atoms with Crippen LogP contribution in [0.1, 0.15) is 5.56 Å². The Labute approximate surface area is 162 Å². The molecule has 146 valence electrons. The molecule has 2 aromatic rings. The van der Waals surface area contributed by atoms with Crippen molar-refractivity contribution in [1.82, 2.24) is 4.98 Å². The van der Waals surface area contributed by atoms with Crippen LogP contribution >= 0.6 is 0 Å². The van der Waals surface area contributed by atoms with Crippen molar-refractivity contribution >= 4 is 17.6 Å². The molecule has 0 spiro atoms. The summed E-state index contributed by atoms with van der Waals surface area (Å²) in [5.74, 6) is -0.0545. The molecule has 28 heavy (non-hydrogen) atoms. The summed E-state index contributed by atoms with van der Waals surface area (Å²) < 4.78 is 20.9. The highest BCUT2D eigenvalue weighted by molar-refractivity contribution is 6.03. The molecule has 0 N–H and O–H groups in total. The molecule has 0 unspecified atom stereocenters. The van der Waals surface area contributed by atoms with Crippen LogP contribution < -0.4 is 9.64 Å². The molecule has 1 aromatic heterocycles. The van der Waals surface area contributed by atoms with E-state index in [9.17, 15) is 9.59 Å². The molecule has 0 radical (unpaired) electrons. The van der Waals surface area contributed by atoms with E-state index < -0.39 is 11.9 Å². The highest BCUT2D eigenvalue weighted by Gasteiger charge is 2.33. The number of nitrogens with zero attached hydrogens (tertiary/aromatic N) is 2. The number of ether oxygens (including phenoxy) is 4. The molecule has 0 aliphatic carbocycles. The number of carbonyl (C=O) groups is 2. The Hall–Kier alpha value is -3.39. The lowest BCUT2D eigenvalue weighted by molar-refractivity contribution is -0.140. The van der Waals surface area contributed by atoms with Gasteiger partial charge in [0.25, 0.3) is 0 Å². The van der Waals surface area contributed by atoms with Gasteiger partial charge in [0.15, 0.2) is 0 Å². The summed E-state index contributed by atoms with van der Waals surface area (Å²) in [6.07, 6.45) is 3.28. The van der Waals surface area contributed by atoms with E-state index in [1.807, 2.05) is 13.0 Å². The smallest absolute Gasteiger partial charge is 0.355 e. The van der Waals surface area contributed by atoms with Crippen LogP contribution in [0.4, 0.5) is 5.69 Å². The molecule has 3 rings (SSSR count). The van der Waals surface area contributed by atoms with Crippen LogP contribution in [-0.2, 0) is 23.8 Å². The lowest BCUT2D eigenvalue weighted by Crippen LogP contribution is -2.39. The van der Waals surface area contributed by atoms with Crippen molar-refractivity contribution in [2.24, 2.45) is 0 Å². The summed E-state index contributed by atoms with van der Waals surface area (Å²) in [7, 11) is 2.51. The van der Waals surface area contributed by atoms with Crippen LogP contribution in [0.5, 0.6) is 11.5 Å². The van der Waals surface area contributed by atoms with Crippen LogP contribution in [0.15, 0.2) is 54.0 Å². The molecule has 0 amide bonds. The number of pyridine rings is 1. The first kappa shape index (κ1) is 19.4. The molecule has 1 aliphatic rings. The zero-order chi connectivity index (χ0) is 20.1. The van der Waals surface area contributed by atoms with Gasteiger partial charge in [-0.2, -0.15) is 0 Å². The van der Waals surface area contributed by atoms with Gasteiger partial charge in [-0.25, -0.2) is 9.59 Å². The van der Waals surface area contributed by atoms with Crippen molar-refractivity contribution in [3.63, 3.8) is 0 Å². The predicted octanol–water partition coefficient (Wildman–Crippen LogP) is 2.58. The van der Waals surface area contributed by atoms with Gasteiger partial charge in [0.2, 0.25) is 0 Å². The minimum absolute atomic E-state index is 0.0329. The van der Waals surface area contributed by atoms with Gasteiger partial charge in [-0.1, -0.05) is 0 Å². The second-order valence-electron chi connectivity index (χ2n) is 5.95. The first-order chi connectivity index (χ1) is 13.5. The van der Waals surface area contributed by atoms with Crippen molar-refractivity contribution in [2.75, 3.05) is 32.5 Å². The van der Waals surface area contributed by atoms with Gasteiger partial charge < -0.3 is 23.8 Å². The number of hydrogen-bond acceptors (Lipinski definition) is 8.